The highest BCUT2D eigenvalue weighted by Crippen LogP contribution is 2.03. The van der Waals surface area contributed by atoms with Gasteiger partial charge >= 0.3 is 0 Å². The molecule has 0 unspecified atom stereocenters. The van der Waals surface area contributed by atoms with E-state index < -0.39 is 0 Å². The van der Waals surface area contributed by atoms with Gasteiger partial charge in [-0.1, -0.05) is 0 Å². The van der Waals surface area contributed by atoms with Gasteiger partial charge in [0, 0.05) is 24.4 Å². The van der Waals surface area contributed by atoms with Crippen molar-refractivity contribution < 1.29 is 4.79 Å². The number of nitrogens with zero attached hydrogens (tertiary/aromatic N) is 1. The minimum absolute atomic E-state index is 0.127. The molecule has 4 heteroatoms. The molecule has 0 spiro atoms. The van der Waals surface area contributed by atoms with E-state index in [1.54, 1.807) is 24.5 Å². The van der Waals surface area contributed by atoms with E-state index in [0.717, 1.165) is 0 Å². The van der Waals surface area contributed by atoms with Crippen molar-refractivity contribution in [3.05, 3.63) is 40.3 Å². The molecule has 0 saturated carbocycles. The molecule has 4 nitrogen and oxygen atoms in total. The van der Waals surface area contributed by atoms with Crippen LogP contribution >= 0.6 is 0 Å². The van der Waals surface area contributed by atoms with Crippen LogP contribution in [-0.4, -0.2) is 16.3 Å². The Morgan fingerprint density at radius 3 is 3.14 bits per heavy atom. The number of nitrogens with one attached hydrogen (secondary N) is 1. The Hall–Kier alpha value is -1.97. The monoisotopic (exact) mass is 188 g/mol. The van der Waals surface area contributed by atoms with Crippen LogP contribution in [0.15, 0.2) is 29.3 Å². The summed E-state index contributed by atoms with van der Waals surface area (Å²) in [6.45, 7) is 0. The van der Waals surface area contributed by atoms with Crippen LogP contribution in [0.4, 0.5) is 0 Å². The molecule has 0 atom stereocenters. The van der Waals surface area contributed by atoms with Gasteiger partial charge in [0.1, 0.15) is 11.8 Å². The molecule has 0 saturated heterocycles. The number of pyridine rings is 2. The Labute approximate surface area is 79.6 Å². The number of aromatic nitrogens is 2. The number of hydrogen-bond donors (Lipinski definition) is 1. The molecule has 2 aromatic heterocycles. The second-order valence-corrected chi connectivity index (χ2v) is 2.91. The van der Waals surface area contributed by atoms with Crippen LogP contribution in [-0.2, 0) is 11.2 Å². The maximum absolute atomic E-state index is 11.7. The largest absolute Gasteiger partial charge is 0.359 e. The summed E-state index contributed by atoms with van der Waals surface area (Å²) in [5, 5.41) is 0. The number of aromatic amines is 1. The van der Waals surface area contributed by atoms with Crippen LogP contribution < -0.4 is 5.43 Å². The van der Waals surface area contributed by atoms with Crippen LogP contribution in [0.25, 0.3) is 11.0 Å². The van der Waals surface area contributed by atoms with Gasteiger partial charge in [0.2, 0.25) is 5.43 Å². The minimum atomic E-state index is -0.175. The summed E-state index contributed by atoms with van der Waals surface area (Å²) in [7, 11) is 0. The number of carbonyl (C=O) groups excluding carboxylic acids is 1. The normalized spacial score (nSPS) is 10.3. The van der Waals surface area contributed by atoms with Gasteiger partial charge in [-0.2, -0.15) is 0 Å². The van der Waals surface area contributed by atoms with E-state index in [4.69, 9.17) is 0 Å². The van der Waals surface area contributed by atoms with Crippen molar-refractivity contribution in [3.8, 4) is 0 Å². The molecule has 14 heavy (non-hydrogen) atoms. The SMILES string of the molecule is O=CCc1c[nH]c2cccnc2c1=O. The predicted octanol–water partition coefficient (Wildman–Crippen LogP) is 0.664. The van der Waals surface area contributed by atoms with E-state index in [-0.39, 0.29) is 11.8 Å². The molecule has 0 fully saturated rings. The molecule has 2 aromatic rings. The molecule has 0 radical (unpaired) electrons. The summed E-state index contributed by atoms with van der Waals surface area (Å²) in [5.74, 6) is 0. The number of hydrogen-bond acceptors (Lipinski definition) is 3. The van der Waals surface area contributed by atoms with E-state index >= 15 is 0 Å². The second kappa shape index (κ2) is 3.41. The summed E-state index contributed by atoms with van der Waals surface area (Å²) in [6.07, 6.45) is 3.95. The quantitative estimate of drug-likeness (QED) is 0.704. The molecule has 2 heterocycles. The first kappa shape index (κ1) is 8.62. The maximum Gasteiger partial charge on any atom is 0.211 e. The molecule has 0 bridgehead atoms. The van der Waals surface area contributed by atoms with Gasteiger partial charge in [0.25, 0.3) is 0 Å². The van der Waals surface area contributed by atoms with Gasteiger partial charge in [-0.05, 0) is 12.1 Å². The Morgan fingerprint density at radius 2 is 2.36 bits per heavy atom. The fourth-order valence-corrected chi connectivity index (χ4v) is 1.33. The summed E-state index contributed by atoms with van der Waals surface area (Å²) in [5.41, 5.74) is 1.34. The number of carbonyl (C=O) groups is 1. The first-order valence-electron chi connectivity index (χ1n) is 4.22. The van der Waals surface area contributed by atoms with Crippen LogP contribution in [0.5, 0.6) is 0 Å². The molecule has 2 rings (SSSR count). The van der Waals surface area contributed by atoms with E-state index in [2.05, 4.69) is 9.97 Å². The van der Waals surface area contributed by atoms with E-state index in [1.165, 1.54) is 0 Å². The first-order chi connectivity index (χ1) is 6.83. The van der Waals surface area contributed by atoms with Gasteiger partial charge in [0.15, 0.2) is 0 Å². The van der Waals surface area contributed by atoms with Gasteiger partial charge in [-0.3, -0.25) is 9.78 Å². The zero-order chi connectivity index (χ0) is 9.97. The Bertz CT molecular complexity index is 531. The number of H-pyrrole nitrogens is 1. The third-order valence-electron chi connectivity index (χ3n) is 2.02. The van der Waals surface area contributed by atoms with E-state index in [1.807, 2.05) is 0 Å². The van der Waals surface area contributed by atoms with Gasteiger partial charge in [-0.15, -0.1) is 0 Å². The lowest BCUT2D eigenvalue weighted by atomic mass is 10.2. The average Bonchev–Trinajstić information content (AvgIpc) is 2.23. The molecule has 1 N–H and O–H groups in total. The zero-order valence-corrected chi connectivity index (χ0v) is 7.36. The highest BCUT2D eigenvalue weighted by atomic mass is 16.1. The van der Waals surface area contributed by atoms with Crippen molar-refractivity contribution in [3.63, 3.8) is 0 Å². The lowest BCUT2D eigenvalue weighted by Gasteiger charge is -1.98. The molecule has 0 aliphatic carbocycles. The number of aldehydes is 1. The summed E-state index contributed by atoms with van der Waals surface area (Å²) >= 11 is 0. The van der Waals surface area contributed by atoms with Crippen LogP contribution in [0, 0.1) is 0 Å². The fourth-order valence-electron chi connectivity index (χ4n) is 1.33. The third kappa shape index (κ3) is 1.31. The number of rotatable bonds is 2. The first-order valence-corrected chi connectivity index (χ1v) is 4.22. The smallest absolute Gasteiger partial charge is 0.211 e. The maximum atomic E-state index is 11.7. The van der Waals surface area contributed by atoms with Crippen molar-refractivity contribution in [1.82, 2.24) is 9.97 Å². The lowest BCUT2D eigenvalue weighted by Crippen LogP contribution is -2.11. The Kier molecular flexibility index (Phi) is 2.10. The third-order valence-corrected chi connectivity index (χ3v) is 2.02. The van der Waals surface area contributed by atoms with Crippen LogP contribution in [0.2, 0.25) is 0 Å². The van der Waals surface area contributed by atoms with Gasteiger partial charge in [-0.25, -0.2) is 0 Å². The van der Waals surface area contributed by atoms with Gasteiger partial charge in [0.05, 0.1) is 5.52 Å². The highest BCUT2D eigenvalue weighted by molar-refractivity contribution is 5.74. The van der Waals surface area contributed by atoms with E-state index in [0.29, 0.717) is 22.9 Å². The van der Waals surface area contributed by atoms with Crippen molar-refractivity contribution in [2.45, 2.75) is 6.42 Å². The average molecular weight is 188 g/mol. The highest BCUT2D eigenvalue weighted by Gasteiger charge is 2.04. The van der Waals surface area contributed by atoms with Crippen molar-refractivity contribution in [1.29, 1.82) is 0 Å². The Balaban J connectivity index is 2.75. The zero-order valence-electron chi connectivity index (χ0n) is 7.36. The predicted molar refractivity (Wildman–Crippen MR) is 52.1 cm³/mol. The summed E-state index contributed by atoms with van der Waals surface area (Å²) in [4.78, 5) is 28.9. The van der Waals surface area contributed by atoms with Crippen LogP contribution in [0.1, 0.15) is 5.56 Å². The molecule has 0 aliphatic rings. The number of fused-ring (bicyclic) bond motifs is 1. The fraction of sp³-hybridized carbons (Fsp3) is 0.100. The minimum Gasteiger partial charge on any atom is -0.359 e. The standard InChI is InChI=1S/C10H8N2O2/c13-5-3-7-6-12-8-2-1-4-11-9(8)10(7)14/h1-2,4-6H,3H2,(H,12,14). The summed E-state index contributed by atoms with van der Waals surface area (Å²) in [6, 6.07) is 3.52. The van der Waals surface area contributed by atoms with Crippen molar-refractivity contribution in [2.75, 3.05) is 0 Å². The molecule has 0 amide bonds. The van der Waals surface area contributed by atoms with Crippen molar-refractivity contribution >= 4 is 17.3 Å². The molecule has 0 aromatic carbocycles. The Morgan fingerprint density at radius 1 is 1.50 bits per heavy atom. The van der Waals surface area contributed by atoms with Crippen molar-refractivity contribution in [2.24, 2.45) is 0 Å². The van der Waals surface area contributed by atoms with Crippen LogP contribution in [0.3, 0.4) is 0 Å². The van der Waals surface area contributed by atoms with Gasteiger partial charge < -0.3 is 9.78 Å². The molecule has 70 valence electrons. The second-order valence-electron chi connectivity index (χ2n) is 2.91. The topological polar surface area (TPSA) is 62.8 Å². The summed E-state index contributed by atoms with van der Waals surface area (Å²) < 4.78 is 0. The molecule has 0 aliphatic heterocycles. The molecular weight excluding hydrogens is 180 g/mol. The lowest BCUT2D eigenvalue weighted by molar-refractivity contribution is -0.107. The van der Waals surface area contributed by atoms with E-state index in [9.17, 15) is 9.59 Å². The molecular formula is C10H8N2O2.